The molecule has 144 valence electrons. The Labute approximate surface area is 173 Å². The number of thioether (sulfide) groups is 1. The first-order valence-corrected chi connectivity index (χ1v) is 10.4. The van der Waals surface area contributed by atoms with E-state index in [-0.39, 0.29) is 24.0 Å². The number of halogens is 1. The average Bonchev–Trinajstić information content (AvgIpc) is 3.19. The molecule has 1 aromatic rings. The Morgan fingerprint density at radius 2 is 2.08 bits per heavy atom. The maximum Gasteiger partial charge on any atom is 0.191 e. The van der Waals surface area contributed by atoms with Gasteiger partial charge in [-0.25, -0.2) is 0 Å². The van der Waals surface area contributed by atoms with E-state index < -0.39 is 0 Å². The Morgan fingerprint density at radius 3 is 2.72 bits per heavy atom. The minimum atomic E-state index is 0. The van der Waals surface area contributed by atoms with E-state index in [1.807, 2.05) is 0 Å². The quantitative estimate of drug-likeness (QED) is 0.186. The van der Waals surface area contributed by atoms with Gasteiger partial charge in [-0.1, -0.05) is 38.5 Å². The third kappa shape index (κ3) is 7.32. The zero-order valence-corrected chi connectivity index (χ0v) is 18.8. The largest absolute Gasteiger partial charge is 0.370 e. The smallest absolute Gasteiger partial charge is 0.191 e. The molecule has 1 fully saturated rings. The van der Waals surface area contributed by atoms with Crippen molar-refractivity contribution in [2.75, 3.05) is 19.3 Å². The Bertz CT molecular complexity index is 525. The molecule has 1 heterocycles. The lowest BCUT2D eigenvalue weighted by Crippen LogP contribution is -2.33. The van der Waals surface area contributed by atoms with Crippen LogP contribution in [-0.4, -0.2) is 40.1 Å². The van der Waals surface area contributed by atoms with Crippen LogP contribution in [0, 0.1) is 5.92 Å². The first kappa shape index (κ1) is 22.5. The first-order chi connectivity index (χ1) is 11.6. The number of nitrogens with one attached hydrogen (secondary N) is 1. The molecule has 0 unspecified atom stereocenters. The van der Waals surface area contributed by atoms with Crippen molar-refractivity contribution in [3.63, 3.8) is 0 Å². The average molecular weight is 480 g/mol. The maximum atomic E-state index is 5.90. The van der Waals surface area contributed by atoms with Gasteiger partial charge in [0.15, 0.2) is 11.1 Å². The molecule has 0 spiro atoms. The van der Waals surface area contributed by atoms with Crippen LogP contribution in [0.5, 0.6) is 0 Å². The van der Waals surface area contributed by atoms with Crippen LogP contribution in [0.4, 0.5) is 0 Å². The van der Waals surface area contributed by atoms with Gasteiger partial charge in [-0.15, -0.1) is 34.2 Å². The predicted molar refractivity (Wildman–Crippen MR) is 117 cm³/mol. The Kier molecular flexibility index (Phi) is 10.8. The van der Waals surface area contributed by atoms with E-state index >= 15 is 0 Å². The fraction of sp³-hybridized carbons (Fsp3) is 0.824. The summed E-state index contributed by atoms with van der Waals surface area (Å²) < 4.78 is 2.37. The molecule has 25 heavy (non-hydrogen) atoms. The number of hydrogen-bond acceptors (Lipinski definition) is 4. The van der Waals surface area contributed by atoms with Crippen molar-refractivity contribution in [3.8, 4) is 0 Å². The van der Waals surface area contributed by atoms with Crippen molar-refractivity contribution < 1.29 is 0 Å². The van der Waals surface area contributed by atoms with Gasteiger partial charge in [-0.2, -0.15) is 0 Å². The molecule has 1 saturated carbocycles. The number of nitrogens with two attached hydrogens (primary N) is 1. The normalized spacial score (nSPS) is 15.6. The highest BCUT2D eigenvalue weighted by atomic mass is 127. The van der Waals surface area contributed by atoms with Crippen LogP contribution in [0.1, 0.15) is 64.2 Å². The fourth-order valence-electron chi connectivity index (χ4n) is 3.13. The number of aliphatic imine (C=N–C) groups is 1. The molecule has 0 bridgehead atoms. The molecule has 0 aromatic carbocycles. The highest BCUT2D eigenvalue weighted by molar-refractivity contribution is 14.0. The monoisotopic (exact) mass is 480 g/mol. The molecule has 0 radical (unpaired) electrons. The van der Waals surface area contributed by atoms with Crippen molar-refractivity contribution >= 4 is 41.7 Å². The summed E-state index contributed by atoms with van der Waals surface area (Å²) in [4.78, 5) is 4.41. The summed E-state index contributed by atoms with van der Waals surface area (Å²) >= 11 is 1.69. The summed E-state index contributed by atoms with van der Waals surface area (Å²) in [6.07, 6.45) is 10.2. The molecule has 0 aliphatic heterocycles. The molecule has 1 aliphatic carbocycles. The third-order valence-corrected chi connectivity index (χ3v) is 5.12. The van der Waals surface area contributed by atoms with Gasteiger partial charge in [0.2, 0.25) is 0 Å². The molecule has 2 rings (SSSR count). The van der Waals surface area contributed by atoms with E-state index in [1.165, 1.54) is 25.7 Å². The number of aromatic nitrogens is 3. The maximum absolute atomic E-state index is 5.90. The number of nitrogens with zero attached hydrogens (tertiary/aromatic N) is 4. The molecule has 0 atom stereocenters. The zero-order chi connectivity index (χ0) is 17.4. The van der Waals surface area contributed by atoms with Crippen molar-refractivity contribution in [1.29, 1.82) is 0 Å². The summed E-state index contributed by atoms with van der Waals surface area (Å²) in [5, 5.41) is 13.0. The van der Waals surface area contributed by atoms with Gasteiger partial charge in [-0.05, 0) is 37.9 Å². The summed E-state index contributed by atoms with van der Waals surface area (Å²) in [5.41, 5.74) is 5.90. The second kappa shape index (κ2) is 12.0. The molecular weight excluding hydrogens is 447 g/mol. The number of guanidine groups is 1. The summed E-state index contributed by atoms with van der Waals surface area (Å²) in [6.45, 7) is 6.03. The van der Waals surface area contributed by atoms with E-state index in [0.29, 0.717) is 17.9 Å². The SMILES string of the molecule is CSc1nnc(CCCN=C(N)NCCC(C)C)n1C1CCCC1.I. The molecule has 0 amide bonds. The number of aryl methyl sites for hydroxylation is 1. The highest BCUT2D eigenvalue weighted by Crippen LogP contribution is 2.33. The molecule has 8 heteroatoms. The van der Waals surface area contributed by atoms with Crippen LogP contribution in [0.15, 0.2) is 10.1 Å². The van der Waals surface area contributed by atoms with E-state index in [0.717, 1.165) is 43.3 Å². The van der Waals surface area contributed by atoms with Crippen molar-refractivity contribution in [3.05, 3.63) is 5.82 Å². The third-order valence-electron chi connectivity index (χ3n) is 4.48. The van der Waals surface area contributed by atoms with Gasteiger partial charge in [0.05, 0.1) is 0 Å². The van der Waals surface area contributed by atoms with Crippen molar-refractivity contribution in [2.24, 2.45) is 16.6 Å². The second-order valence-electron chi connectivity index (χ2n) is 6.89. The van der Waals surface area contributed by atoms with Gasteiger partial charge in [0.1, 0.15) is 5.82 Å². The van der Waals surface area contributed by atoms with Gasteiger partial charge in [0.25, 0.3) is 0 Å². The van der Waals surface area contributed by atoms with Crippen molar-refractivity contribution in [2.45, 2.75) is 70.0 Å². The van der Waals surface area contributed by atoms with E-state index in [1.54, 1.807) is 11.8 Å². The topological polar surface area (TPSA) is 81.1 Å². The van der Waals surface area contributed by atoms with Crippen LogP contribution in [0.3, 0.4) is 0 Å². The van der Waals surface area contributed by atoms with Crippen LogP contribution < -0.4 is 11.1 Å². The van der Waals surface area contributed by atoms with Crippen molar-refractivity contribution in [1.82, 2.24) is 20.1 Å². The molecule has 1 aromatic heterocycles. The molecule has 0 saturated heterocycles. The number of hydrogen-bond donors (Lipinski definition) is 2. The summed E-state index contributed by atoms with van der Waals surface area (Å²) in [7, 11) is 0. The Morgan fingerprint density at radius 1 is 1.36 bits per heavy atom. The molecular formula is C17H33IN6S. The van der Waals surface area contributed by atoms with Gasteiger partial charge < -0.3 is 15.6 Å². The fourth-order valence-corrected chi connectivity index (χ4v) is 3.70. The standard InChI is InChI=1S/C17H32N6S.HI/c1-13(2)10-12-20-16(18)19-11-6-9-15-21-22-17(24-3)23(15)14-7-4-5-8-14;/h13-14H,4-12H2,1-3H3,(H3,18,19,20);1H. The predicted octanol–water partition coefficient (Wildman–Crippen LogP) is 3.62. The summed E-state index contributed by atoms with van der Waals surface area (Å²) in [5.74, 6) is 2.34. The van der Waals surface area contributed by atoms with Crippen LogP contribution >= 0.6 is 35.7 Å². The second-order valence-corrected chi connectivity index (χ2v) is 7.66. The van der Waals surface area contributed by atoms with E-state index in [4.69, 9.17) is 5.73 Å². The first-order valence-electron chi connectivity index (χ1n) is 9.13. The highest BCUT2D eigenvalue weighted by Gasteiger charge is 2.23. The number of rotatable bonds is 9. The zero-order valence-electron chi connectivity index (χ0n) is 15.7. The van der Waals surface area contributed by atoms with Gasteiger partial charge in [0, 0.05) is 25.6 Å². The lowest BCUT2D eigenvalue weighted by Gasteiger charge is -2.16. The van der Waals surface area contributed by atoms with E-state index in [2.05, 4.69) is 45.2 Å². The minimum Gasteiger partial charge on any atom is -0.370 e. The lowest BCUT2D eigenvalue weighted by atomic mass is 10.1. The summed E-state index contributed by atoms with van der Waals surface area (Å²) in [6, 6.07) is 0.587. The minimum absolute atomic E-state index is 0. The van der Waals surface area contributed by atoms with E-state index in [9.17, 15) is 0 Å². The van der Waals surface area contributed by atoms with Crippen LogP contribution in [0.25, 0.3) is 0 Å². The van der Waals surface area contributed by atoms with Gasteiger partial charge >= 0.3 is 0 Å². The van der Waals surface area contributed by atoms with Crippen LogP contribution in [0.2, 0.25) is 0 Å². The lowest BCUT2D eigenvalue weighted by molar-refractivity contribution is 0.461. The Hall–Kier alpha value is -0.510. The molecule has 1 aliphatic rings. The van der Waals surface area contributed by atoms with Gasteiger partial charge in [-0.3, -0.25) is 4.99 Å². The Balaban J connectivity index is 0.00000312. The van der Waals surface area contributed by atoms with Crippen LogP contribution in [-0.2, 0) is 6.42 Å². The molecule has 3 N–H and O–H groups in total. The molecule has 6 nitrogen and oxygen atoms in total.